The molecule has 0 saturated heterocycles. The zero-order valence-corrected chi connectivity index (χ0v) is 9.52. The number of phenolic OH excluding ortho intramolecular Hbond substituents is 2. The summed E-state index contributed by atoms with van der Waals surface area (Å²) in [7, 11) is 0. The smallest absolute Gasteiger partial charge is 0.255 e. The molecular weight excluding hydrogens is 256 g/mol. The molecule has 2 aromatic rings. The average molecular weight is 265 g/mol. The second-order valence-electron chi connectivity index (χ2n) is 3.79. The van der Waals surface area contributed by atoms with Crippen LogP contribution in [0.4, 0.5) is 14.5 Å². The first-order valence-electron chi connectivity index (χ1n) is 5.26. The van der Waals surface area contributed by atoms with Crippen molar-refractivity contribution in [1.29, 1.82) is 0 Å². The van der Waals surface area contributed by atoms with Crippen LogP contribution in [0, 0.1) is 11.6 Å². The van der Waals surface area contributed by atoms with Crippen LogP contribution in [0.3, 0.4) is 0 Å². The molecule has 0 atom stereocenters. The molecule has 0 aliphatic heterocycles. The maximum absolute atomic E-state index is 12.9. The molecule has 1 amide bonds. The van der Waals surface area contributed by atoms with E-state index in [4.69, 9.17) is 5.11 Å². The van der Waals surface area contributed by atoms with Crippen molar-refractivity contribution in [3.63, 3.8) is 0 Å². The predicted octanol–water partition coefficient (Wildman–Crippen LogP) is 2.63. The highest BCUT2D eigenvalue weighted by atomic mass is 19.2. The van der Waals surface area contributed by atoms with Crippen molar-refractivity contribution < 1.29 is 23.8 Å². The van der Waals surface area contributed by atoms with Gasteiger partial charge in [0, 0.05) is 17.3 Å². The van der Waals surface area contributed by atoms with E-state index in [1.807, 2.05) is 0 Å². The highest BCUT2D eigenvalue weighted by molar-refractivity contribution is 6.04. The number of aromatic hydroxyl groups is 2. The molecule has 0 aromatic heterocycles. The number of carbonyl (C=O) groups is 1. The number of nitrogens with one attached hydrogen (secondary N) is 1. The standard InChI is InChI=1S/C13H9F2NO3/c14-9-3-2-8(6-10(9)15)16-13(19)7-1-4-11(17)12(18)5-7/h1-6,17-18H,(H,16,19). The van der Waals surface area contributed by atoms with Crippen molar-refractivity contribution in [2.45, 2.75) is 0 Å². The Hall–Kier alpha value is -2.63. The number of benzene rings is 2. The van der Waals surface area contributed by atoms with E-state index in [1.54, 1.807) is 0 Å². The fraction of sp³-hybridized carbons (Fsp3) is 0. The van der Waals surface area contributed by atoms with E-state index in [0.717, 1.165) is 24.3 Å². The number of amides is 1. The molecule has 19 heavy (non-hydrogen) atoms. The van der Waals surface area contributed by atoms with Crippen molar-refractivity contribution in [2.75, 3.05) is 5.32 Å². The normalized spacial score (nSPS) is 10.2. The summed E-state index contributed by atoms with van der Waals surface area (Å²) in [6.45, 7) is 0. The molecule has 2 aromatic carbocycles. The lowest BCUT2D eigenvalue weighted by atomic mass is 10.2. The van der Waals surface area contributed by atoms with Gasteiger partial charge in [-0.15, -0.1) is 0 Å². The topological polar surface area (TPSA) is 69.6 Å². The van der Waals surface area contributed by atoms with E-state index < -0.39 is 23.3 Å². The predicted molar refractivity (Wildman–Crippen MR) is 64.1 cm³/mol. The van der Waals surface area contributed by atoms with E-state index >= 15 is 0 Å². The van der Waals surface area contributed by atoms with Crippen LogP contribution in [-0.4, -0.2) is 16.1 Å². The highest BCUT2D eigenvalue weighted by Gasteiger charge is 2.10. The Balaban J connectivity index is 2.20. The van der Waals surface area contributed by atoms with Gasteiger partial charge in [-0.2, -0.15) is 0 Å². The van der Waals surface area contributed by atoms with Gasteiger partial charge in [0.05, 0.1) is 0 Å². The molecule has 0 heterocycles. The number of anilines is 1. The number of carbonyl (C=O) groups excluding carboxylic acids is 1. The summed E-state index contributed by atoms with van der Waals surface area (Å²) in [4.78, 5) is 11.8. The van der Waals surface area contributed by atoms with Gasteiger partial charge >= 0.3 is 0 Å². The van der Waals surface area contributed by atoms with Crippen LogP contribution in [0.5, 0.6) is 11.5 Å². The third-order valence-electron chi connectivity index (χ3n) is 2.42. The zero-order valence-electron chi connectivity index (χ0n) is 9.52. The van der Waals surface area contributed by atoms with Gasteiger partial charge in [0.1, 0.15) is 0 Å². The molecule has 2 rings (SSSR count). The lowest BCUT2D eigenvalue weighted by Gasteiger charge is -2.06. The van der Waals surface area contributed by atoms with E-state index in [2.05, 4.69) is 5.32 Å². The molecule has 0 bridgehead atoms. The van der Waals surface area contributed by atoms with Gasteiger partial charge in [-0.05, 0) is 30.3 Å². The van der Waals surface area contributed by atoms with Crippen LogP contribution in [-0.2, 0) is 0 Å². The first kappa shape index (κ1) is 12.8. The minimum Gasteiger partial charge on any atom is -0.504 e. The monoisotopic (exact) mass is 265 g/mol. The fourth-order valence-corrected chi connectivity index (χ4v) is 1.44. The van der Waals surface area contributed by atoms with Crippen LogP contribution in [0.1, 0.15) is 10.4 Å². The number of halogens is 2. The minimum atomic E-state index is -1.08. The number of rotatable bonds is 2. The molecule has 0 fully saturated rings. The SMILES string of the molecule is O=C(Nc1ccc(F)c(F)c1)c1ccc(O)c(O)c1. The highest BCUT2D eigenvalue weighted by Crippen LogP contribution is 2.25. The van der Waals surface area contributed by atoms with Gasteiger partial charge in [-0.25, -0.2) is 8.78 Å². The Bertz CT molecular complexity index is 644. The lowest BCUT2D eigenvalue weighted by molar-refractivity contribution is 0.102. The summed E-state index contributed by atoms with van der Waals surface area (Å²) in [6, 6.07) is 6.42. The molecule has 4 nitrogen and oxygen atoms in total. The number of hydrogen-bond donors (Lipinski definition) is 3. The van der Waals surface area contributed by atoms with Crippen molar-refractivity contribution in [1.82, 2.24) is 0 Å². The molecule has 98 valence electrons. The summed E-state index contributed by atoms with van der Waals surface area (Å²) < 4.78 is 25.7. The summed E-state index contributed by atoms with van der Waals surface area (Å²) >= 11 is 0. The third kappa shape index (κ3) is 2.79. The summed E-state index contributed by atoms with van der Waals surface area (Å²) in [5.41, 5.74) is 0.150. The average Bonchev–Trinajstić information content (AvgIpc) is 2.37. The van der Waals surface area contributed by atoms with Crippen molar-refractivity contribution >= 4 is 11.6 Å². The quantitative estimate of drug-likeness (QED) is 0.731. The molecule has 3 N–H and O–H groups in total. The van der Waals surface area contributed by atoms with E-state index in [1.165, 1.54) is 12.1 Å². The maximum atomic E-state index is 12.9. The molecule has 0 spiro atoms. The van der Waals surface area contributed by atoms with Crippen molar-refractivity contribution in [3.8, 4) is 11.5 Å². The fourth-order valence-electron chi connectivity index (χ4n) is 1.44. The van der Waals surface area contributed by atoms with E-state index in [9.17, 15) is 18.7 Å². The van der Waals surface area contributed by atoms with Crippen LogP contribution in [0.25, 0.3) is 0 Å². The van der Waals surface area contributed by atoms with Gasteiger partial charge in [-0.3, -0.25) is 4.79 Å². The zero-order chi connectivity index (χ0) is 14.0. The Morgan fingerprint density at radius 1 is 0.947 bits per heavy atom. The summed E-state index contributed by atoms with van der Waals surface area (Å²) in [6.07, 6.45) is 0. The molecule has 0 aliphatic rings. The largest absolute Gasteiger partial charge is 0.504 e. The second-order valence-corrected chi connectivity index (χ2v) is 3.79. The number of hydrogen-bond acceptors (Lipinski definition) is 3. The molecular formula is C13H9F2NO3. The maximum Gasteiger partial charge on any atom is 0.255 e. The second kappa shape index (κ2) is 4.93. The molecule has 0 saturated carbocycles. The third-order valence-corrected chi connectivity index (χ3v) is 2.42. The minimum absolute atomic E-state index is 0.0695. The Kier molecular flexibility index (Phi) is 3.33. The van der Waals surface area contributed by atoms with E-state index in [-0.39, 0.29) is 17.0 Å². The van der Waals surface area contributed by atoms with Crippen LogP contribution in [0.2, 0.25) is 0 Å². The lowest BCUT2D eigenvalue weighted by Crippen LogP contribution is -2.12. The van der Waals surface area contributed by atoms with E-state index in [0.29, 0.717) is 0 Å². The first-order valence-corrected chi connectivity index (χ1v) is 5.26. The first-order chi connectivity index (χ1) is 8.97. The molecule has 0 aliphatic carbocycles. The summed E-state index contributed by atoms with van der Waals surface area (Å²) in [5.74, 6) is -3.52. The Labute approximate surface area is 106 Å². The number of phenols is 2. The van der Waals surface area contributed by atoms with Gasteiger partial charge in [0.25, 0.3) is 5.91 Å². The van der Waals surface area contributed by atoms with Gasteiger partial charge in [0.15, 0.2) is 23.1 Å². The summed E-state index contributed by atoms with van der Waals surface area (Å²) in [5, 5.41) is 20.7. The Morgan fingerprint density at radius 3 is 2.32 bits per heavy atom. The Morgan fingerprint density at radius 2 is 1.68 bits per heavy atom. The molecule has 6 heteroatoms. The van der Waals surface area contributed by atoms with Crippen molar-refractivity contribution in [2.24, 2.45) is 0 Å². The van der Waals surface area contributed by atoms with Crippen LogP contribution in [0.15, 0.2) is 36.4 Å². The van der Waals surface area contributed by atoms with Gasteiger partial charge in [0.2, 0.25) is 0 Å². The van der Waals surface area contributed by atoms with Gasteiger partial charge < -0.3 is 15.5 Å². The molecule has 0 unspecified atom stereocenters. The van der Waals surface area contributed by atoms with Crippen LogP contribution < -0.4 is 5.32 Å². The molecule has 0 radical (unpaired) electrons. The van der Waals surface area contributed by atoms with Crippen LogP contribution >= 0.6 is 0 Å². The van der Waals surface area contributed by atoms with Crippen molar-refractivity contribution in [3.05, 3.63) is 53.6 Å². The van der Waals surface area contributed by atoms with Gasteiger partial charge in [-0.1, -0.05) is 0 Å².